The van der Waals surface area contributed by atoms with Crippen molar-refractivity contribution in [1.82, 2.24) is 9.97 Å². The van der Waals surface area contributed by atoms with Crippen molar-refractivity contribution in [3.8, 4) is 0 Å². The Labute approximate surface area is 185 Å². The Morgan fingerprint density at radius 3 is 2.83 bits per heavy atom. The van der Waals surface area contributed by atoms with Gasteiger partial charge in [-0.3, -0.25) is 9.59 Å². The van der Waals surface area contributed by atoms with E-state index in [1.165, 1.54) is 10.4 Å². The Kier molecular flexibility index (Phi) is 6.06. The van der Waals surface area contributed by atoms with Gasteiger partial charge in [-0.2, -0.15) is 11.8 Å². The van der Waals surface area contributed by atoms with Crippen LogP contribution in [0.4, 0.5) is 11.4 Å². The Hall–Kier alpha value is -1.74. The molecule has 1 amide bonds. The van der Waals surface area contributed by atoms with E-state index in [2.05, 4.69) is 15.3 Å². The van der Waals surface area contributed by atoms with Crippen LogP contribution in [0.3, 0.4) is 0 Å². The van der Waals surface area contributed by atoms with Gasteiger partial charge in [-0.1, -0.05) is 23.2 Å². The molecule has 10 heteroatoms. The van der Waals surface area contributed by atoms with Gasteiger partial charge in [0.2, 0.25) is 5.91 Å². The number of rotatable bonds is 6. The number of amides is 1. The number of aryl methyl sites for hydroxylation is 2. The fraction of sp³-hybridized carbons (Fsp3) is 0.316. The first-order valence-electron chi connectivity index (χ1n) is 9.08. The summed E-state index contributed by atoms with van der Waals surface area (Å²) in [5.41, 5.74) is 7.61. The first-order chi connectivity index (χ1) is 13.9. The van der Waals surface area contributed by atoms with Crippen molar-refractivity contribution in [2.24, 2.45) is 0 Å². The molecule has 0 fully saturated rings. The lowest BCUT2D eigenvalue weighted by Gasteiger charge is -2.08. The second-order valence-corrected chi connectivity index (χ2v) is 9.76. The summed E-state index contributed by atoms with van der Waals surface area (Å²) in [7, 11) is 0. The monoisotopic (exact) mass is 468 g/mol. The average Bonchev–Trinajstić information content (AvgIpc) is 3.24. The normalized spacial score (nSPS) is 13.0. The molecule has 4 rings (SSSR count). The standard InChI is InChI=1S/C19H18Cl2N4O2S2/c20-11-6-9(7-12(21)17(11)22)23-15(26)4-5-28-8-14-24-18(27)16-10-2-1-3-13(10)29-19(16)25-14/h6-7H,1-5,8,22H2,(H,23,26)(H,24,25,27). The molecule has 2 aromatic heterocycles. The highest BCUT2D eigenvalue weighted by Gasteiger charge is 2.21. The number of hydrogen-bond donors (Lipinski definition) is 3. The second-order valence-electron chi connectivity index (χ2n) is 6.75. The number of nitrogens with one attached hydrogen (secondary N) is 2. The number of thioether (sulfide) groups is 1. The first-order valence-corrected chi connectivity index (χ1v) is 11.8. The van der Waals surface area contributed by atoms with Crippen LogP contribution in [-0.4, -0.2) is 21.6 Å². The van der Waals surface area contributed by atoms with Crippen LogP contribution in [0.1, 0.15) is 29.1 Å². The van der Waals surface area contributed by atoms with Gasteiger partial charge in [-0.15, -0.1) is 11.3 Å². The lowest BCUT2D eigenvalue weighted by atomic mass is 10.2. The Morgan fingerprint density at radius 1 is 1.31 bits per heavy atom. The fourth-order valence-corrected chi connectivity index (χ4v) is 5.90. The van der Waals surface area contributed by atoms with Gasteiger partial charge in [0.15, 0.2) is 0 Å². The molecule has 2 heterocycles. The largest absolute Gasteiger partial charge is 0.396 e. The molecular weight excluding hydrogens is 451 g/mol. The summed E-state index contributed by atoms with van der Waals surface area (Å²) < 4.78 is 0. The lowest BCUT2D eigenvalue weighted by molar-refractivity contribution is -0.115. The van der Waals surface area contributed by atoms with E-state index in [0.29, 0.717) is 39.5 Å². The number of thiophene rings is 1. The average molecular weight is 469 g/mol. The van der Waals surface area contributed by atoms with Crippen LogP contribution < -0.4 is 16.6 Å². The van der Waals surface area contributed by atoms with E-state index >= 15 is 0 Å². The number of halogens is 2. The van der Waals surface area contributed by atoms with Gasteiger partial charge in [0.25, 0.3) is 5.56 Å². The highest BCUT2D eigenvalue weighted by Crippen LogP contribution is 2.34. The van der Waals surface area contributed by atoms with Crippen molar-refractivity contribution in [3.63, 3.8) is 0 Å². The molecule has 0 bridgehead atoms. The molecule has 3 aromatic rings. The third-order valence-corrected chi connectivity index (χ3v) is 7.48. The van der Waals surface area contributed by atoms with Gasteiger partial charge in [0, 0.05) is 22.7 Å². The number of hydrogen-bond acceptors (Lipinski definition) is 6. The second kappa shape index (κ2) is 8.55. The van der Waals surface area contributed by atoms with Crippen LogP contribution in [0.2, 0.25) is 10.0 Å². The number of fused-ring (bicyclic) bond motifs is 3. The molecule has 0 radical (unpaired) electrons. The molecule has 0 aliphatic heterocycles. The number of H-pyrrole nitrogens is 1. The van der Waals surface area contributed by atoms with Crippen molar-refractivity contribution in [3.05, 3.63) is 48.8 Å². The molecule has 0 saturated carbocycles. The molecule has 1 aliphatic rings. The number of nitrogens with zero attached hydrogens (tertiary/aromatic N) is 1. The summed E-state index contributed by atoms with van der Waals surface area (Å²) in [6.45, 7) is 0. The van der Waals surface area contributed by atoms with Crippen LogP contribution in [0.15, 0.2) is 16.9 Å². The fourth-order valence-electron chi connectivity index (χ4n) is 3.33. The summed E-state index contributed by atoms with van der Waals surface area (Å²) >= 11 is 15.1. The SMILES string of the molecule is Nc1c(Cl)cc(NC(=O)CCSCc2nc3sc4c(c3c(=O)[nH]2)CCC4)cc1Cl. The lowest BCUT2D eigenvalue weighted by Crippen LogP contribution is -2.13. The van der Waals surface area contributed by atoms with E-state index in [0.717, 1.165) is 29.5 Å². The zero-order valence-electron chi connectivity index (χ0n) is 15.3. The van der Waals surface area contributed by atoms with E-state index in [-0.39, 0.29) is 17.2 Å². The predicted molar refractivity (Wildman–Crippen MR) is 123 cm³/mol. The van der Waals surface area contributed by atoms with E-state index in [9.17, 15) is 9.59 Å². The molecule has 29 heavy (non-hydrogen) atoms. The molecule has 4 N–H and O–H groups in total. The number of aromatic nitrogens is 2. The van der Waals surface area contributed by atoms with Crippen LogP contribution in [-0.2, 0) is 23.4 Å². The van der Waals surface area contributed by atoms with Gasteiger partial charge in [-0.25, -0.2) is 4.98 Å². The Morgan fingerprint density at radius 2 is 2.07 bits per heavy atom. The van der Waals surface area contributed by atoms with Crippen LogP contribution in [0.5, 0.6) is 0 Å². The van der Waals surface area contributed by atoms with E-state index in [1.54, 1.807) is 35.2 Å². The molecular formula is C19H18Cl2N4O2S2. The van der Waals surface area contributed by atoms with Crippen molar-refractivity contribution < 1.29 is 4.79 Å². The van der Waals surface area contributed by atoms with Crippen molar-refractivity contribution in [2.45, 2.75) is 31.4 Å². The van der Waals surface area contributed by atoms with Crippen LogP contribution >= 0.6 is 46.3 Å². The van der Waals surface area contributed by atoms with E-state index in [4.69, 9.17) is 28.9 Å². The molecule has 0 spiro atoms. The minimum Gasteiger partial charge on any atom is -0.396 e. The van der Waals surface area contributed by atoms with Gasteiger partial charge in [0.1, 0.15) is 10.7 Å². The quantitative estimate of drug-likeness (QED) is 0.361. The third-order valence-electron chi connectivity index (χ3n) is 4.70. The number of nitrogens with two attached hydrogens (primary N) is 1. The topological polar surface area (TPSA) is 101 Å². The van der Waals surface area contributed by atoms with Crippen molar-refractivity contribution in [1.29, 1.82) is 0 Å². The smallest absolute Gasteiger partial charge is 0.259 e. The maximum Gasteiger partial charge on any atom is 0.259 e. The zero-order chi connectivity index (χ0) is 20.5. The summed E-state index contributed by atoms with van der Waals surface area (Å²) in [6, 6.07) is 3.13. The first kappa shape index (κ1) is 20.5. The maximum absolute atomic E-state index is 12.5. The molecule has 0 saturated heterocycles. The van der Waals surface area contributed by atoms with Crippen molar-refractivity contribution in [2.75, 3.05) is 16.8 Å². The van der Waals surface area contributed by atoms with Gasteiger partial charge in [0.05, 0.1) is 26.9 Å². The van der Waals surface area contributed by atoms with Crippen LogP contribution in [0, 0.1) is 0 Å². The van der Waals surface area contributed by atoms with E-state index in [1.807, 2.05) is 0 Å². The highest BCUT2D eigenvalue weighted by atomic mass is 35.5. The highest BCUT2D eigenvalue weighted by molar-refractivity contribution is 7.98. The number of carbonyl (C=O) groups is 1. The third kappa shape index (κ3) is 4.40. The van der Waals surface area contributed by atoms with E-state index < -0.39 is 0 Å². The zero-order valence-corrected chi connectivity index (χ0v) is 18.5. The number of anilines is 2. The maximum atomic E-state index is 12.5. The number of aromatic amines is 1. The molecule has 1 aromatic carbocycles. The Bertz CT molecular complexity index is 1140. The van der Waals surface area contributed by atoms with Gasteiger partial charge < -0.3 is 16.0 Å². The van der Waals surface area contributed by atoms with Gasteiger partial charge in [-0.05, 0) is 37.0 Å². The minimum atomic E-state index is -0.152. The van der Waals surface area contributed by atoms with Gasteiger partial charge >= 0.3 is 0 Å². The molecule has 1 aliphatic carbocycles. The van der Waals surface area contributed by atoms with Crippen LogP contribution in [0.25, 0.3) is 10.2 Å². The number of nitrogen functional groups attached to an aromatic ring is 1. The minimum absolute atomic E-state index is 0.0557. The molecule has 0 unspecified atom stereocenters. The summed E-state index contributed by atoms with van der Waals surface area (Å²) in [4.78, 5) is 34.2. The predicted octanol–water partition coefficient (Wildman–Crippen LogP) is 4.62. The summed E-state index contributed by atoms with van der Waals surface area (Å²) in [6.07, 6.45) is 3.43. The summed E-state index contributed by atoms with van der Waals surface area (Å²) in [5, 5.41) is 4.11. The summed E-state index contributed by atoms with van der Waals surface area (Å²) in [5.74, 6) is 1.62. The molecule has 152 valence electrons. The molecule has 6 nitrogen and oxygen atoms in total. The number of benzene rings is 1. The molecule has 0 atom stereocenters. The Balaban J connectivity index is 1.31. The number of carbonyl (C=O) groups excluding carboxylic acids is 1. The van der Waals surface area contributed by atoms with Crippen molar-refractivity contribution >= 4 is 73.8 Å².